The Kier molecular flexibility index (Phi) is 17.9. The van der Waals surface area contributed by atoms with Crippen LogP contribution >= 0.6 is 0 Å². The van der Waals surface area contributed by atoms with Crippen LogP contribution in [0.5, 0.6) is 0 Å². The summed E-state index contributed by atoms with van der Waals surface area (Å²) in [7, 11) is 0. The van der Waals surface area contributed by atoms with Crippen LogP contribution in [0.25, 0.3) is 0 Å². The van der Waals surface area contributed by atoms with Crippen LogP contribution in [0.3, 0.4) is 0 Å². The van der Waals surface area contributed by atoms with Gasteiger partial charge >= 0.3 is 0 Å². The summed E-state index contributed by atoms with van der Waals surface area (Å²) < 4.78 is 0. The maximum Gasteiger partial charge on any atom is 0.0976 e. The summed E-state index contributed by atoms with van der Waals surface area (Å²) >= 11 is 0. The number of hydrogen-bond donors (Lipinski definition) is 2. The molecule has 0 aliphatic carbocycles. The monoisotopic (exact) mass is 474 g/mol. The molecule has 2 aromatic rings. The zero-order valence-corrected chi connectivity index (χ0v) is 19.6. The van der Waals surface area contributed by atoms with Gasteiger partial charge in [0.1, 0.15) is 0 Å². The van der Waals surface area contributed by atoms with Crippen molar-refractivity contribution in [2.75, 3.05) is 0 Å². The van der Waals surface area contributed by atoms with E-state index in [0.717, 1.165) is 22.8 Å². The fourth-order valence-corrected chi connectivity index (χ4v) is 1.93. The molecule has 0 fully saturated rings. The third-order valence-corrected chi connectivity index (χ3v) is 4.01. The van der Waals surface area contributed by atoms with Crippen LogP contribution in [0.2, 0.25) is 0 Å². The molecular formula is C22H32N4NiO4. The predicted molar refractivity (Wildman–Crippen MR) is 125 cm³/mol. The summed E-state index contributed by atoms with van der Waals surface area (Å²) in [6.07, 6.45) is 0. The molecule has 0 atom stereocenters. The molecule has 0 heterocycles. The van der Waals surface area contributed by atoms with E-state index in [4.69, 9.17) is 10.4 Å². The van der Waals surface area contributed by atoms with Gasteiger partial charge in [-0.25, -0.2) is 0 Å². The minimum atomic E-state index is 0. The number of oxime groups is 2. The molecule has 2 rings (SSSR count). The SMILES string of the molecule is CC(=Nc1ccc(C)cc1)/C(C)=N/O.CC(=Nc1ccc(C)cc1)/C(C)=N/O.O.O.[Ni]. The summed E-state index contributed by atoms with van der Waals surface area (Å²) in [4.78, 5) is 8.59. The fraction of sp³-hybridized carbons (Fsp3) is 0.273. The van der Waals surface area contributed by atoms with Crippen LogP contribution in [0.15, 0.2) is 68.8 Å². The number of hydrogen-bond acceptors (Lipinski definition) is 6. The van der Waals surface area contributed by atoms with Crippen molar-refractivity contribution in [2.45, 2.75) is 41.5 Å². The number of rotatable bonds is 4. The molecule has 0 amide bonds. The first-order chi connectivity index (χ1) is 13.3. The van der Waals surface area contributed by atoms with Crippen molar-refractivity contribution in [1.82, 2.24) is 0 Å². The summed E-state index contributed by atoms with van der Waals surface area (Å²) in [6, 6.07) is 15.7. The normalized spacial score (nSPS) is 11.8. The van der Waals surface area contributed by atoms with Gasteiger partial charge in [0.05, 0.1) is 34.2 Å². The quantitative estimate of drug-likeness (QED) is 0.294. The van der Waals surface area contributed by atoms with E-state index < -0.39 is 0 Å². The Hall–Kier alpha value is -2.87. The van der Waals surface area contributed by atoms with E-state index in [1.165, 1.54) is 11.1 Å². The molecule has 0 saturated heterocycles. The third kappa shape index (κ3) is 12.4. The van der Waals surface area contributed by atoms with E-state index in [1.54, 1.807) is 13.8 Å². The van der Waals surface area contributed by atoms with Crippen molar-refractivity contribution in [3.63, 3.8) is 0 Å². The second-order valence-electron chi connectivity index (χ2n) is 6.44. The molecule has 0 aromatic heterocycles. The van der Waals surface area contributed by atoms with Gasteiger partial charge < -0.3 is 21.4 Å². The molecule has 0 spiro atoms. The largest absolute Gasteiger partial charge is 0.412 e. The van der Waals surface area contributed by atoms with Gasteiger partial charge in [-0.3, -0.25) is 9.98 Å². The number of nitrogens with zero attached hydrogens (tertiary/aromatic N) is 4. The summed E-state index contributed by atoms with van der Waals surface area (Å²) in [5.41, 5.74) is 6.65. The maximum absolute atomic E-state index is 8.53. The first kappa shape index (κ1) is 32.8. The van der Waals surface area contributed by atoms with Crippen molar-refractivity contribution in [2.24, 2.45) is 20.3 Å². The zero-order chi connectivity index (χ0) is 21.1. The summed E-state index contributed by atoms with van der Waals surface area (Å²) in [5, 5.41) is 23.2. The van der Waals surface area contributed by atoms with E-state index in [0.29, 0.717) is 11.4 Å². The van der Waals surface area contributed by atoms with Crippen LogP contribution in [-0.4, -0.2) is 44.2 Å². The molecule has 31 heavy (non-hydrogen) atoms. The van der Waals surface area contributed by atoms with Gasteiger partial charge in [0.25, 0.3) is 0 Å². The smallest absolute Gasteiger partial charge is 0.0976 e. The predicted octanol–water partition coefficient (Wildman–Crippen LogP) is 4.22. The van der Waals surface area contributed by atoms with E-state index in [1.807, 2.05) is 76.2 Å². The van der Waals surface area contributed by atoms with Gasteiger partial charge in [0.15, 0.2) is 0 Å². The Bertz CT molecular complexity index is 815. The van der Waals surface area contributed by atoms with Crippen molar-refractivity contribution >= 4 is 34.2 Å². The van der Waals surface area contributed by atoms with Gasteiger partial charge in [-0.2, -0.15) is 0 Å². The van der Waals surface area contributed by atoms with Gasteiger partial charge in [-0.15, -0.1) is 0 Å². The van der Waals surface area contributed by atoms with E-state index >= 15 is 0 Å². The molecule has 2 aromatic carbocycles. The second-order valence-corrected chi connectivity index (χ2v) is 6.44. The van der Waals surface area contributed by atoms with Crippen molar-refractivity contribution < 1.29 is 37.9 Å². The minimum absolute atomic E-state index is 0. The molecule has 0 aliphatic heterocycles. The average Bonchev–Trinajstić information content (AvgIpc) is 2.70. The fourth-order valence-electron chi connectivity index (χ4n) is 1.93. The molecule has 0 saturated carbocycles. The first-order valence-corrected chi connectivity index (χ1v) is 8.88. The molecule has 9 heteroatoms. The van der Waals surface area contributed by atoms with Crippen LogP contribution < -0.4 is 0 Å². The van der Waals surface area contributed by atoms with Gasteiger partial charge in [-0.05, 0) is 65.8 Å². The van der Waals surface area contributed by atoms with E-state index in [9.17, 15) is 0 Å². The molecule has 0 radical (unpaired) electrons. The maximum atomic E-state index is 8.53. The Balaban J connectivity index is -0.000000461. The van der Waals surface area contributed by atoms with Crippen molar-refractivity contribution in [3.05, 3.63) is 59.7 Å². The minimum Gasteiger partial charge on any atom is -0.412 e. The van der Waals surface area contributed by atoms with E-state index in [2.05, 4.69) is 20.3 Å². The molecule has 6 N–H and O–H groups in total. The summed E-state index contributed by atoms with van der Waals surface area (Å²) in [5.74, 6) is 0. The molecule has 8 nitrogen and oxygen atoms in total. The van der Waals surface area contributed by atoms with Gasteiger partial charge in [0, 0.05) is 16.5 Å². The molecule has 174 valence electrons. The summed E-state index contributed by atoms with van der Waals surface area (Å²) in [6.45, 7) is 11.1. The van der Waals surface area contributed by atoms with Gasteiger partial charge in [0.2, 0.25) is 0 Å². The van der Waals surface area contributed by atoms with Crippen LogP contribution in [0.1, 0.15) is 38.8 Å². The molecule has 0 aliphatic rings. The second kappa shape index (κ2) is 16.9. The van der Waals surface area contributed by atoms with Crippen molar-refractivity contribution in [3.8, 4) is 0 Å². The molecule has 0 bridgehead atoms. The van der Waals surface area contributed by atoms with E-state index in [-0.39, 0.29) is 27.4 Å². The Morgan fingerprint density at radius 3 is 1.03 bits per heavy atom. The molecule has 0 unspecified atom stereocenters. The van der Waals surface area contributed by atoms with Gasteiger partial charge in [-0.1, -0.05) is 45.7 Å². The molecular weight excluding hydrogens is 443 g/mol. The van der Waals surface area contributed by atoms with Crippen LogP contribution in [0, 0.1) is 13.8 Å². The Labute approximate surface area is 193 Å². The number of aryl methyl sites for hydroxylation is 2. The van der Waals surface area contributed by atoms with Crippen LogP contribution in [-0.2, 0) is 16.5 Å². The van der Waals surface area contributed by atoms with Crippen molar-refractivity contribution in [1.29, 1.82) is 0 Å². The average molecular weight is 475 g/mol. The number of benzene rings is 2. The Morgan fingerprint density at radius 1 is 0.548 bits per heavy atom. The van der Waals surface area contributed by atoms with Crippen LogP contribution in [0.4, 0.5) is 11.4 Å². The third-order valence-electron chi connectivity index (χ3n) is 4.01. The Morgan fingerprint density at radius 2 is 0.806 bits per heavy atom. The topological polar surface area (TPSA) is 153 Å². The first-order valence-electron chi connectivity index (χ1n) is 8.88. The number of aliphatic imine (C=N–C) groups is 2. The standard InChI is InChI=1S/2C11H14N2O.Ni.2H2O/c2*1-8-4-6-11(7-5-8)12-9(2)10(3)13-14;;;/h2*4-7,14H,1-3H3;;2*1H2/b2*12-9?,13-10+;;;. The zero-order valence-electron chi connectivity index (χ0n) is 18.6.